The lowest BCUT2D eigenvalue weighted by atomic mass is 10.1. The fourth-order valence-electron chi connectivity index (χ4n) is 3.82. The Labute approximate surface area is 167 Å². The summed E-state index contributed by atoms with van der Waals surface area (Å²) in [5.74, 6) is -1.20. The number of imide groups is 1. The highest BCUT2D eigenvalue weighted by molar-refractivity contribution is 6.21. The second-order valence-electron chi connectivity index (χ2n) is 7.34. The van der Waals surface area contributed by atoms with Crippen molar-refractivity contribution in [1.29, 1.82) is 0 Å². The van der Waals surface area contributed by atoms with Gasteiger partial charge in [-0.2, -0.15) is 0 Å². The summed E-state index contributed by atoms with van der Waals surface area (Å²) in [6.07, 6.45) is -0.474. The number of hydrogen-bond acceptors (Lipinski definition) is 4. The number of amides is 3. The molecule has 2 aliphatic rings. The lowest BCUT2D eigenvalue weighted by Gasteiger charge is -2.37. The van der Waals surface area contributed by atoms with Crippen LogP contribution >= 0.6 is 0 Å². The summed E-state index contributed by atoms with van der Waals surface area (Å²) in [6, 6.07) is 12.7. The number of halogens is 1. The van der Waals surface area contributed by atoms with Crippen LogP contribution in [0.2, 0.25) is 0 Å². The van der Waals surface area contributed by atoms with E-state index in [1.165, 1.54) is 12.1 Å². The standard InChI is InChI=1S/C22H21FN2O4/c1-14-12-24(13-19(29-14)15-6-8-16(23)9-7-15)20(26)10-11-25-21(27)17-4-2-3-5-18(17)22(25)28/h2-9,14,19H,10-13H2,1H3. The molecule has 2 aliphatic heterocycles. The molecular weight excluding hydrogens is 375 g/mol. The van der Waals surface area contributed by atoms with E-state index in [0.29, 0.717) is 24.2 Å². The van der Waals surface area contributed by atoms with Crippen molar-refractivity contribution in [2.75, 3.05) is 19.6 Å². The minimum atomic E-state index is -0.363. The molecule has 0 bridgehead atoms. The summed E-state index contributed by atoms with van der Waals surface area (Å²) < 4.78 is 19.1. The van der Waals surface area contributed by atoms with Crippen molar-refractivity contribution in [2.45, 2.75) is 25.6 Å². The molecule has 0 spiro atoms. The number of rotatable bonds is 4. The first-order valence-corrected chi connectivity index (χ1v) is 9.58. The van der Waals surface area contributed by atoms with Gasteiger partial charge in [0.15, 0.2) is 0 Å². The van der Waals surface area contributed by atoms with Crippen molar-refractivity contribution in [2.24, 2.45) is 0 Å². The van der Waals surface area contributed by atoms with E-state index in [-0.39, 0.29) is 48.7 Å². The highest BCUT2D eigenvalue weighted by Gasteiger charge is 2.36. The van der Waals surface area contributed by atoms with E-state index in [0.717, 1.165) is 10.5 Å². The second-order valence-corrected chi connectivity index (χ2v) is 7.34. The van der Waals surface area contributed by atoms with Crippen LogP contribution < -0.4 is 0 Å². The number of fused-ring (bicyclic) bond motifs is 1. The average Bonchev–Trinajstić information content (AvgIpc) is 2.96. The molecule has 0 N–H and O–H groups in total. The quantitative estimate of drug-likeness (QED) is 0.746. The first-order valence-electron chi connectivity index (χ1n) is 9.58. The van der Waals surface area contributed by atoms with Crippen LogP contribution in [0.4, 0.5) is 4.39 Å². The summed E-state index contributed by atoms with van der Waals surface area (Å²) >= 11 is 0. The van der Waals surface area contributed by atoms with Crippen LogP contribution in [0.25, 0.3) is 0 Å². The second kappa shape index (κ2) is 7.75. The van der Waals surface area contributed by atoms with Gasteiger partial charge in [-0.25, -0.2) is 4.39 Å². The number of carbonyl (C=O) groups is 3. The van der Waals surface area contributed by atoms with Crippen LogP contribution in [0.1, 0.15) is 45.7 Å². The molecule has 2 atom stereocenters. The maximum atomic E-state index is 13.2. The first kappa shape index (κ1) is 19.3. The maximum absolute atomic E-state index is 13.2. The van der Waals surface area contributed by atoms with Gasteiger partial charge in [0.2, 0.25) is 5.91 Å². The van der Waals surface area contributed by atoms with E-state index < -0.39 is 0 Å². The van der Waals surface area contributed by atoms with Gasteiger partial charge in [0.05, 0.1) is 23.8 Å². The summed E-state index contributed by atoms with van der Waals surface area (Å²) in [5, 5.41) is 0. The van der Waals surface area contributed by atoms with Gasteiger partial charge >= 0.3 is 0 Å². The Morgan fingerprint density at radius 3 is 2.28 bits per heavy atom. The van der Waals surface area contributed by atoms with Gasteiger partial charge in [0, 0.05) is 19.5 Å². The summed E-state index contributed by atoms with van der Waals surface area (Å²) in [5.41, 5.74) is 1.55. The number of carbonyl (C=O) groups excluding carboxylic acids is 3. The molecule has 2 heterocycles. The minimum absolute atomic E-state index is 0.0398. The van der Waals surface area contributed by atoms with Crippen LogP contribution in [-0.4, -0.2) is 53.3 Å². The van der Waals surface area contributed by atoms with Crippen molar-refractivity contribution in [3.05, 3.63) is 71.0 Å². The number of morpholine rings is 1. The molecule has 2 aromatic carbocycles. The molecule has 7 heteroatoms. The fourth-order valence-corrected chi connectivity index (χ4v) is 3.82. The Morgan fingerprint density at radius 1 is 1.03 bits per heavy atom. The predicted octanol–water partition coefficient (Wildman–Crippen LogP) is 2.80. The van der Waals surface area contributed by atoms with E-state index in [2.05, 4.69) is 0 Å². The van der Waals surface area contributed by atoms with E-state index in [9.17, 15) is 18.8 Å². The van der Waals surface area contributed by atoms with Crippen LogP contribution in [0.3, 0.4) is 0 Å². The molecular formula is C22H21FN2O4. The SMILES string of the molecule is CC1CN(C(=O)CCN2C(=O)c3ccccc3C2=O)CC(c2ccc(F)cc2)O1. The smallest absolute Gasteiger partial charge is 0.261 e. The van der Waals surface area contributed by atoms with E-state index in [1.54, 1.807) is 41.3 Å². The topological polar surface area (TPSA) is 66.9 Å². The van der Waals surface area contributed by atoms with Crippen molar-refractivity contribution < 1.29 is 23.5 Å². The molecule has 29 heavy (non-hydrogen) atoms. The molecule has 0 aromatic heterocycles. The Hall–Kier alpha value is -3.06. The van der Waals surface area contributed by atoms with Crippen molar-refractivity contribution in [1.82, 2.24) is 9.80 Å². The Bertz CT molecular complexity index is 925. The number of ether oxygens (including phenoxy) is 1. The molecule has 3 amide bonds. The van der Waals surface area contributed by atoms with E-state index >= 15 is 0 Å². The van der Waals surface area contributed by atoms with E-state index in [4.69, 9.17) is 4.74 Å². The van der Waals surface area contributed by atoms with E-state index in [1.807, 2.05) is 6.92 Å². The zero-order valence-electron chi connectivity index (χ0n) is 16.0. The molecule has 0 aliphatic carbocycles. The van der Waals surface area contributed by atoms with Gasteiger partial charge in [-0.1, -0.05) is 24.3 Å². The Kier molecular flexibility index (Phi) is 5.15. The third-order valence-corrected chi connectivity index (χ3v) is 5.28. The van der Waals surface area contributed by atoms with Crippen molar-refractivity contribution in [3.8, 4) is 0 Å². The highest BCUT2D eigenvalue weighted by Crippen LogP contribution is 2.27. The Balaban J connectivity index is 1.40. The van der Waals surface area contributed by atoms with Crippen molar-refractivity contribution in [3.63, 3.8) is 0 Å². The zero-order chi connectivity index (χ0) is 20.5. The number of benzene rings is 2. The largest absolute Gasteiger partial charge is 0.367 e. The van der Waals surface area contributed by atoms with Gasteiger partial charge in [0.25, 0.3) is 11.8 Å². The van der Waals surface area contributed by atoms with Crippen LogP contribution in [0, 0.1) is 5.82 Å². The number of nitrogens with zero attached hydrogens (tertiary/aromatic N) is 2. The fraction of sp³-hybridized carbons (Fsp3) is 0.318. The van der Waals surface area contributed by atoms with Crippen LogP contribution in [0.15, 0.2) is 48.5 Å². The molecule has 0 radical (unpaired) electrons. The van der Waals surface area contributed by atoms with Crippen molar-refractivity contribution >= 4 is 17.7 Å². The maximum Gasteiger partial charge on any atom is 0.261 e. The highest BCUT2D eigenvalue weighted by atomic mass is 19.1. The Morgan fingerprint density at radius 2 is 1.66 bits per heavy atom. The summed E-state index contributed by atoms with van der Waals surface area (Å²) in [4.78, 5) is 40.5. The molecule has 1 fully saturated rings. The molecule has 4 rings (SSSR count). The molecule has 150 valence electrons. The minimum Gasteiger partial charge on any atom is -0.367 e. The molecule has 2 aromatic rings. The van der Waals surface area contributed by atoms with Gasteiger partial charge in [-0.3, -0.25) is 19.3 Å². The van der Waals surface area contributed by atoms with Crippen LogP contribution in [0.5, 0.6) is 0 Å². The van der Waals surface area contributed by atoms with Gasteiger partial charge in [-0.15, -0.1) is 0 Å². The third kappa shape index (κ3) is 3.78. The van der Waals surface area contributed by atoms with Gasteiger partial charge < -0.3 is 9.64 Å². The lowest BCUT2D eigenvalue weighted by molar-refractivity contribution is -0.145. The molecule has 1 saturated heterocycles. The van der Waals surface area contributed by atoms with Gasteiger partial charge in [-0.05, 0) is 36.8 Å². The molecule has 6 nitrogen and oxygen atoms in total. The lowest BCUT2D eigenvalue weighted by Crippen LogP contribution is -2.47. The predicted molar refractivity (Wildman–Crippen MR) is 103 cm³/mol. The summed E-state index contributed by atoms with van der Waals surface area (Å²) in [6.45, 7) is 2.69. The zero-order valence-corrected chi connectivity index (χ0v) is 16.0. The monoisotopic (exact) mass is 396 g/mol. The first-order chi connectivity index (χ1) is 13.9. The third-order valence-electron chi connectivity index (χ3n) is 5.28. The average molecular weight is 396 g/mol. The van der Waals surface area contributed by atoms with Crippen LogP contribution in [-0.2, 0) is 9.53 Å². The summed E-state index contributed by atoms with van der Waals surface area (Å²) in [7, 11) is 0. The normalized spacial score (nSPS) is 21.4. The number of hydrogen-bond donors (Lipinski definition) is 0. The molecule has 0 saturated carbocycles. The molecule has 2 unspecified atom stereocenters. The van der Waals surface area contributed by atoms with Gasteiger partial charge in [0.1, 0.15) is 11.9 Å².